The first-order chi connectivity index (χ1) is 13.6. The molecule has 1 aliphatic carbocycles. The van der Waals surface area contributed by atoms with Crippen LogP contribution in [0.1, 0.15) is 34.9 Å². The van der Waals surface area contributed by atoms with Crippen LogP contribution in [0.4, 0.5) is 4.39 Å². The fourth-order valence-corrected chi connectivity index (χ4v) is 5.53. The maximum absolute atomic E-state index is 14.9. The van der Waals surface area contributed by atoms with Crippen LogP contribution in [-0.2, 0) is 0 Å². The standard InChI is InChI=1S/C21H13BrClFN2OS/c22-12-7-14(24)19-16-6-11-5-13(23)3-4-15(11)26(16)21(27-17(19)8-12)18-9-25-20(28-18)10-1-2-10/h3-10,21H,1-2H2. The third-order valence-electron chi connectivity index (χ3n) is 5.26. The van der Waals surface area contributed by atoms with Crippen LogP contribution in [0.25, 0.3) is 22.2 Å². The molecule has 0 bridgehead atoms. The molecule has 4 aromatic rings. The number of nitrogens with zero attached hydrogens (tertiary/aromatic N) is 2. The van der Waals surface area contributed by atoms with Gasteiger partial charge < -0.3 is 4.74 Å². The molecule has 140 valence electrons. The predicted octanol–water partition coefficient (Wildman–Crippen LogP) is 7.14. The average Bonchev–Trinajstić information content (AvgIpc) is 3.26. The second kappa shape index (κ2) is 6.05. The van der Waals surface area contributed by atoms with Crippen LogP contribution in [0.3, 0.4) is 0 Å². The summed E-state index contributed by atoms with van der Waals surface area (Å²) in [5, 5.41) is 2.77. The number of hydrogen-bond donors (Lipinski definition) is 0. The van der Waals surface area contributed by atoms with Gasteiger partial charge in [0.2, 0.25) is 6.23 Å². The van der Waals surface area contributed by atoms with Gasteiger partial charge in [-0.3, -0.25) is 4.57 Å². The first-order valence-corrected chi connectivity index (χ1v) is 11.0. The van der Waals surface area contributed by atoms with Crippen molar-refractivity contribution >= 4 is 49.8 Å². The molecule has 28 heavy (non-hydrogen) atoms. The first kappa shape index (κ1) is 17.0. The van der Waals surface area contributed by atoms with Gasteiger partial charge in [-0.15, -0.1) is 11.3 Å². The molecular formula is C21H13BrClFN2OS. The number of thiazole rings is 1. The maximum atomic E-state index is 14.9. The van der Waals surface area contributed by atoms with Crippen LogP contribution < -0.4 is 4.74 Å². The van der Waals surface area contributed by atoms with Crippen molar-refractivity contribution in [2.24, 2.45) is 0 Å². The highest BCUT2D eigenvalue weighted by Gasteiger charge is 2.34. The number of hydrogen-bond acceptors (Lipinski definition) is 3. The van der Waals surface area contributed by atoms with Gasteiger partial charge in [-0.1, -0.05) is 27.5 Å². The Morgan fingerprint density at radius 1 is 1.21 bits per heavy atom. The van der Waals surface area contributed by atoms with E-state index in [0.717, 1.165) is 26.5 Å². The van der Waals surface area contributed by atoms with Crippen molar-refractivity contribution in [1.29, 1.82) is 0 Å². The molecule has 1 unspecified atom stereocenters. The number of halogens is 3. The zero-order chi connectivity index (χ0) is 19.0. The number of benzene rings is 2. The average molecular weight is 476 g/mol. The molecule has 1 aliphatic heterocycles. The van der Waals surface area contributed by atoms with Crippen LogP contribution in [-0.4, -0.2) is 9.55 Å². The molecule has 3 nitrogen and oxygen atoms in total. The van der Waals surface area contributed by atoms with Crippen LogP contribution >= 0.6 is 38.9 Å². The summed E-state index contributed by atoms with van der Waals surface area (Å²) in [6.07, 6.45) is 3.92. The Bertz CT molecular complexity index is 1260. The Hall–Kier alpha value is -1.89. The fourth-order valence-electron chi connectivity index (χ4n) is 3.84. The summed E-state index contributed by atoms with van der Waals surface area (Å²) < 4.78 is 24.0. The fraction of sp³-hybridized carbons (Fsp3) is 0.190. The first-order valence-electron chi connectivity index (χ1n) is 9.00. The molecule has 0 spiro atoms. The van der Waals surface area contributed by atoms with Crippen LogP contribution in [0.5, 0.6) is 5.75 Å². The molecule has 2 aromatic heterocycles. The topological polar surface area (TPSA) is 27.1 Å². The van der Waals surface area contributed by atoms with Gasteiger partial charge in [0.15, 0.2) is 0 Å². The van der Waals surface area contributed by atoms with Gasteiger partial charge in [-0.25, -0.2) is 9.37 Å². The van der Waals surface area contributed by atoms with E-state index in [1.807, 2.05) is 36.5 Å². The van der Waals surface area contributed by atoms with E-state index in [1.54, 1.807) is 11.3 Å². The Balaban J connectivity index is 1.62. The number of rotatable bonds is 2. The minimum atomic E-state index is -0.389. The van der Waals surface area contributed by atoms with E-state index < -0.39 is 0 Å². The highest BCUT2D eigenvalue weighted by molar-refractivity contribution is 9.10. The summed E-state index contributed by atoms with van der Waals surface area (Å²) in [4.78, 5) is 5.63. The van der Waals surface area contributed by atoms with Crippen LogP contribution in [0.2, 0.25) is 5.02 Å². The molecule has 7 heteroatoms. The summed E-state index contributed by atoms with van der Waals surface area (Å²) in [5.41, 5.74) is 2.22. The molecular weight excluding hydrogens is 463 g/mol. The third-order valence-corrected chi connectivity index (χ3v) is 7.14. The van der Waals surface area contributed by atoms with Gasteiger partial charge in [0.1, 0.15) is 11.6 Å². The summed E-state index contributed by atoms with van der Waals surface area (Å²) >= 11 is 11.3. The van der Waals surface area contributed by atoms with Crippen molar-refractivity contribution in [1.82, 2.24) is 9.55 Å². The Morgan fingerprint density at radius 2 is 2.07 bits per heavy atom. The van der Waals surface area contributed by atoms with E-state index in [-0.39, 0.29) is 12.0 Å². The summed E-state index contributed by atoms with van der Waals surface area (Å²) in [7, 11) is 0. The number of fused-ring (bicyclic) bond motifs is 5. The highest BCUT2D eigenvalue weighted by atomic mass is 79.9. The molecule has 1 saturated carbocycles. The largest absolute Gasteiger partial charge is 0.464 e. The van der Waals surface area contributed by atoms with Crippen molar-refractivity contribution in [2.45, 2.75) is 25.0 Å². The monoisotopic (exact) mass is 474 g/mol. The van der Waals surface area contributed by atoms with Gasteiger partial charge in [-0.05, 0) is 49.2 Å². The number of aromatic nitrogens is 2. The second-order valence-electron chi connectivity index (χ2n) is 7.21. The van der Waals surface area contributed by atoms with Crippen molar-refractivity contribution in [3.05, 3.63) is 67.8 Å². The molecule has 0 radical (unpaired) electrons. The zero-order valence-electron chi connectivity index (χ0n) is 14.5. The van der Waals surface area contributed by atoms with Gasteiger partial charge in [0.05, 0.1) is 26.7 Å². The second-order valence-corrected chi connectivity index (χ2v) is 9.65. The van der Waals surface area contributed by atoms with E-state index in [1.165, 1.54) is 18.9 Å². The molecule has 3 heterocycles. The normalized spacial score (nSPS) is 18.0. The van der Waals surface area contributed by atoms with E-state index in [0.29, 0.717) is 26.7 Å². The van der Waals surface area contributed by atoms with Crippen molar-refractivity contribution < 1.29 is 9.13 Å². The van der Waals surface area contributed by atoms with Crippen molar-refractivity contribution in [3.8, 4) is 17.0 Å². The van der Waals surface area contributed by atoms with Crippen LogP contribution in [0.15, 0.2) is 47.1 Å². The molecule has 1 fully saturated rings. The third kappa shape index (κ3) is 2.55. The van der Waals surface area contributed by atoms with Gasteiger partial charge in [0, 0.05) is 27.0 Å². The minimum absolute atomic E-state index is 0.319. The zero-order valence-corrected chi connectivity index (χ0v) is 17.6. The quantitative estimate of drug-likeness (QED) is 0.308. The molecule has 2 aliphatic rings. The summed E-state index contributed by atoms with van der Waals surface area (Å²) in [6, 6.07) is 11.0. The molecule has 0 saturated heterocycles. The molecule has 2 aromatic carbocycles. The highest BCUT2D eigenvalue weighted by Crippen LogP contribution is 2.49. The van der Waals surface area contributed by atoms with E-state index >= 15 is 0 Å². The Kier molecular flexibility index (Phi) is 3.68. The predicted molar refractivity (Wildman–Crippen MR) is 113 cm³/mol. The molecule has 1 atom stereocenters. The molecule has 0 N–H and O–H groups in total. The van der Waals surface area contributed by atoms with Crippen LogP contribution in [0, 0.1) is 5.82 Å². The lowest BCUT2D eigenvalue weighted by Crippen LogP contribution is -2.22. The smallest absolute Gasteiger partial charge is 0.213 e. The lowest BCUT2D eigenvalue weighted by molar-refractivity contribution is 0.175. The summed E-state index contributed by atoms with van der Waals surface area (Å²) in [5.74, 6) is 0.793. The van der Waals surface area contributed by atoms with E-state index in [4.69, 9.17) is 16.3 Å². The van der Waals surface area contributed by atoms with Gasteiger partial charge in [0.25, 0.3) is 0 Å². The molecule has 6 rings (SSSR count). The van der Waals surface area contributed by atoms with Gasteiger partial charge in [-0.2, -0.15) is 0 Å². The summed E-state index contributed by atoms with van der Waals surface area (Å²) in [6.45, 7) is 0. The SMILES string of the molecule is Fc1cc(Br)cc2c1-c1cc3cc(Cl)ccc3n1C(c1cnc(C3CC3)s1)O2. The lowest BCUT2D eigenvalue weighted by Gasteiger charge is -2.29. The maximum Gasteiger partial charge on any atom is 0.213 e. The van der Waals surface area contributed by atoms with Crippen molar-refractivity contribution in [3.63, 3.8) is 0 Å². The van der Waals surface area contributed by atoms with Gasteiger partial charge >= 0.3 is 0 Å². The minimum Gasteiger partial charge on any atom is -0.464 e. The van der Waals surface area contributed by atoms with Crippen molar-refractivity contribution in [2.75, 3.05) is 0 Å². The van der Waals surface area contributed by atoms with E-state index in [2.05, 4.69) is 25.5 Å². The number of ether oxygens (including phenoxy) is 1. The Morgan fingerprint density at radius 3 is 2.89 bits per heavy atom. The Labute approximate surface area is 177 Å². The van der Waals surface area contributed by atoms with E-state index in [9.17, 15) is 4.39 Å². The molecule has 0 amide bonds. The lowest BCUT2D eigenvalue weighted by atomic mass is 10.1.